The van der Waals surface area contributed by atoms with Gasteiger partial charge in [0.2, 0.25) is 5.91 Å². The Balaban J connectivity index is 1.70. The predicted octanol–water partition coefficient (Wildman–Crippen LogP) is 0.353. The van der Waals surface area contributed by atoms with Crippen molar-refractivity contribution in [3.05, 3.63) is 0 Å². The maximum Gasteiger partial charge on any atom is 0.281 e. The van der Waals surface area contributed by atoms with Crippen molar-refractivity contribution in [3.63, 3.8) is 0 Å². The van der Waals surface area contributed by atoms with E-state index in [9.17, 15) is 13.2 Å². The molecular weight excluding hydrogens is 328 g/mol. The van der Waals surface area contributed by atoms with E-state index in [-0.39, 0.29) is 11.8 Å². The molecule has 2 aliphatic rings. The zero-order valence-electron chi connectivity index (χ0n) is 15.2. The smallest absolute Gasteiger partial charge is 0.281 e. The van der Waals surface area contributed by atoms with E-state index in [4.69, 9.17) is 0 Å². The Bertz CT molecular complexity index is 509. The molecule has 0 aromatic carbocycles. The van der Waals surface area contributed by atoms with E-state index in [1.165, 1.54) is 48.6 Å². The predicted molar refractivity (Wildman–Crippen MR) is 94.8 cm³/mol. The first-order valence-corrected chi connectivity index (χ1v) is 10.4. The van der Waals surface area contributed by atoms with Crippen molar-refractivity contribution in [2.45, 2.75) is 32.6 Å². The van der Waals surface area contributed by atoms with Crippen molar-refractivity contribution in [3.8, 4) is 0 Å². The Morgan fingerprint density at radius 2 is 1.75 bits per heavy atom. The molecule has 0 aromatic rings. The van der Waals surface area contributed by atoms with Gasteiger partial charge in [-0.15, -0.1) is 0 Å². The minimum atomic E-state index is -3.36. The topological polar surface area (TPSA) is 73.0 Å². The summed E-state index contributed by atoms with van der Waals surface area (Å²) in [5, 5.41) is 3.06. The highest BCUT2D eigenvalue weighted by molar-refractivity contribution is 7.86. The number of carbonyl (C=O) groups excluding carboxylic acids is 1. The number of amides is 1. The highest BCUT2D eigenvalue weighted by atomic mass is 32.2. The SMILES string of the molecule is C[C@H](CNC(=O)C1CCN(S(=O)(=O)N(C)C)CC1)CN1CCCC1. The van der Waals surface area contributed by atoms with Gasteiger partial charge in [0.15, 0.2) is 0 Å². The maximum absolute atomic E-state index is 12.3. The molecule has 24 heavy (non-hydrogen) atoms. The lowest BCUT2D eigenvalue weighted by Crippen LogP contribution is -2.47. The molecule has 0 saturated carbocycles. The number of nitrogens with zero attached hydrogens (tertiary/aromatic N) is 3. The minimum absolute atomic E-state index is 0.0717. The Hall–Kier alpha value is -0.700. The molecule has 7 nitrogen and oxygen atoms in total. The van der Waals surface area contributed by atoms with E-state index >= 15 is 0 Å². The first kappa shape index (κ1) is 19.6. The molecule has 2 fully saturated rings. The van der Waals surface area contributed by atoms with E-state index < -0.39 is 10.2 Å². The largest absolute Gasteiger partial charge is 0.356 e. The number of hydrogen-bond acceptors (Lipinski definition) is 4. The average Bonchev–Trinajstić information content (AvgIpc) is 3.05. The van der Waals surface area contributed by atoms with Gasteiger partial charge in [0, 0.05) is 46.2 Å². The summed E-state index contributed by atoms with van der Waals surface area (Å²) < 4.78 is 26.9. The Morgan fingerprint density at radius 1 is 1.17 bits per heavy atom. The van der Waals surface area contributed by atoms with Crippen LogP contribution in [0, 0.1) is 11.8 Å². The number of nitrogens with one attached hydrogen (secondary N) is 1. The second kappa shape index (κ2) is 8.60. The molecule has 1 amide bonds. The standard InChI is InChI=1S/C16H32N4O3S/c1-14(13-19-8-4-5-9-19)12-17-16(21)15-6-10-20(11-7-15)24(22,23)18(2)3/h14-15H,4-13H2,1-3H3,(H,17,21)/t14-/m1/s1. The van der Waals surface area contributed by atoms with Gasteiger partial charge in [0.25, 0.3) is 10.2 Å². The molecule has 0 unspecified atom stereocenters. The molecule has 0 aliphatic carbocycles. The molecule has 140 valence electrons. The van der Waals surface area contributed by atoms with Crippen LogP contribution in [0.1, 0.15) is 32.6 Å². The van der Waals surface area contributed by atoms with E-state index in [0.29, 0.717) is 38.4 Å². The number of rotatable bonds is 7. The summed E-state index contributed by atoms with van der Waals surface area (Å²) in [4.78, 5) is 14.8. The lowest BCUT2D eigenvalue weighted by atomic mass is 9.97. The molecular formula is C16H32N4O3S. The summed E-state index contributed by atoms with van der Waals surface area (Å²) in [7, 11) is -0.284. The first-order valence-electron chi connectivity index (χ1n) is 8.98. The van der Waals surface area contributed by atoms with Crippen molar-refractivity contribution in [2.24, 2.45) is 11.8 Å². The molecule has 2 aliphatic heterocycles. The van der Waals surface area contributed by atoms with Gasteiger partial charge in [-0.05, 0) is 44.7 Å². The van der Waals surface area contributed by atoms with Crippen LogP contribution in [-0.2, 0) is 15.0 Å². The fraction of sp³-hybridized carbons (Fsp3) is 0.938. The number of carbonyl (C=O) groups is 1. The minimum Gasteiger partial charge on any atom is -0.356 e. The van der Waals surface area contributed by atoms with Crippen LogP contribution in [0.3, 0.4) is 0 Å². The molecule has 2 rings (SSSR count). The monoisotopic (exact) mass is 360 g/mol. The highest BCUT2D eigenvalue weighted by Crippen LogP contribution is 2.20. The van der Waals surface area contributed by atoms with Crippen molar-refractivity contribution in [1.29, 1.82) is 0 Å². The van der Waals surface area contributed by atoms with Gasteiger partial charge in [-0.3, -0.25) is 4.79 Å². The lowest BCUT2D eigenvalue weighted by Gasteiger charge is -2.32. The summed E-state index contributed by atoms with van der Waals surface area (Å²) in [5.41, 5.74) is 0. The average molecular weight is 361 g/mol. The normalized spacial score (nSPS) is 22.8. The van der Waals surface area contributed by atoms with Crippen molar-refractivity contribution >= 4 is 16.1 Å². The maximum atomic E-state index is 12.3. The van der Waals surface area contributed by atoms with Gasteiger partial charge in [0.05, 0.1) is 0 Å². The molecule has 0 bridgehead atoms. The summed E-state index contributed by atoms with van der Waals surface area (Å²) in [6.45, 7) is 7.11. The molecule has 8 heteroatoms. The lowest BCUT2D eigenvalue weighted by molar-refractivity contribution is -0.126. The van der Waals surface area contributed by atoms with Gasteiger partial charge in [-0.25, -0.2) is 0 Å². The van der Waals surface area contributed by atoms with Crippen molar-refractivity contribution in [2.75, 3.05) is 53.4 Å². The van der Waals surface area contributed by atoms with Crippen molar-refractivity contribution < 1.29 is 13.2 Å². The van der Waals surface area contributed by atoms with Gasteiger partial charge >= 0.3 is 0 Å². The molecule has 0 spiro atoms. The van der Waals surface area contributed by atoms with E-state index in [2.05, 4.69) is 17.1 Å². The van der Waals surface area contributed by atoms with Crippen molar-refractivity contribution in [1.82, 2.24) is 18.8 Å². The van der Waals surface area contributed by atoms with Crippen LogP contribution < -0.4 is 5.32 Å². The highest BCUT2D eigenvalue weighted by Gasteiger charge is 2.32. The Labute approximate surface area is 146 Å². The molecule has 1 atom stereocenters. The van der Waals surface area contributed by atoms with Gasteiger partial charge in [-0.1, -0.05) is 6.92 Å². The number of piperidine rings is 1. The summed E-state index contributed by atoms with van der Waals surface area (Å²) in [6, 6.07) is 0. The van der Waals surface area contributed by atoms with Crippen LogP contribution in [0.15, 0.2) is 0 Å². The van der Waals surface area contributed by atoms with Crippen LogP contribution >= 0.6 is 0 Å². The third kappa shape index (κ3) is 5.15. The third-order valence-electron chi connectivity index (χ3n) is 5.01. The van der Waals surface area contributed by atoms with Gasteiger partial charge in [0.1, 0.15) is 0 Å². The van der Waals surface area contributed by atoms with Gasteiger partial charge < -0.3 is 10.2 Å². The summed E-state index contributed by atoms with van der Waals surface area (Å²) in [6.07, 6.45) is 3.76. The number of hydrogen-bond donors (Lipinski definition) is 1. The van der Waals surface area contributed by atoms with Crippen LogP contribution in [0.25, 0.3) is 0 Å². The van der Waals surface area contributed by atoms with Crippen LogP contribution in [0.4, 0.5) is 0 Å². The quantitative estimate of drug-likeness (QED) is 0.711. The molecule has 2 heterocycles. The fourth-order valence-corrected chi connectivity index (χ4v) is 4.60. The molecule has 0 radical (unpaired) electrons. The Morgan fingerprint density at radius 3 is 2.29 bits per heavy atom. The van der Waals surface area contributed by atoms with Crippen LogP contribution in [-0.4, -0.2) is 81.2 Å². The van der Waals surface area contributed by atoms with Gasteiger partial charge in [-0.2, -0.15) is 17.0 Å². The summed E-state index contributed by atoms with van der Waals surface area (Å²) >= 11 is 0. The van der Waals surface area contributed by atoms with E-state index in [0.717, 1.165) is 6.54 Å². The Kier molecular flexibility index (Phi) is 7.03. The zero-order valence-corrected chi connectivity index (χ0v) is 16.0. The first-order chi connectivity index (χ1) is 11.3. The van der Waals surface area contributed by atoms with Crippen LogP contribution in [0.2, 0.25) is 0 Å². The zero-order chi connectivity index (χ0) is 17.7. The second-order valence-electron chi connectivity index (χ2n) is 7.32. The molecule has 1 N–H and O–H groups in total. The molecule has 2 saturated heterocycles. The third-order valence-corrected chi connectivity index (χ3v) is 6.95. The van der Waals surface area contributed by atoms with E-state index in [1.807, 2.05) is 0 Å². The van der Waals surface area contributed by atoms with Crippen LogP contribution in [0.5, 0.6) is 0 Å². The number of likely N-dealkylation sites (tertiary alicyclic amines) is 1. The fourth-order valence-electron chi connectivity index (χ4n) is 3.47. The second-order valence-corrected chi connectivity index (χ2v) is 9.46. The molecule has 0 aromatic heterocycles. The summed E-state index contributed by atoms with van der Waals surface area (Å²) in [5.74, 6) is 0.448. The van der Waals surface area contributed by atoms with E-state index in [1.54, 1.807) is 0 Å².